The van der Waals surface area contributed by atoms with Crippen molar-refractivity contribution in [3.8, 4) is 11.3 Å². The first-order chi connectivity index (χ1) is 17.1. The number of rotatable bonds is 11. The number of aromatic nitrogens is 5. The molecule has 1 amide bonds. The number of hydrogen-bond acceptors (Lipinski definition) is 6. The number of ether oxygens (including phenoxy) is 2. The van der Waals surface area contributed by atoms with Crippen molar-refractivity contribution in [1.29, 1.82) is 0 Å². The van der Waals surface area contributed by atoms with Crippen LogP contribution in [-0.2, 0) is 22.6 Å². The van der Waals surface area contributed by atoms with Crippen molar-refractivity contribution in [2.24, 2.45) is 0 Å². The number of nitrogens with one attached hydrogen (secondary N) is 1. The highest BCUT2D eigenvalue weighted by Crippen LogP contribution is 2.26. The minimum atomic E-state index is -0.452. The van der Waals surface area contributed by atoms with Gasteiger partial charge in [-0.05, 0) is 31.9 Å². The van der Waals surface area contributed by atoms with Gasteiger partial charge in [0.2, 0.25) is 0 Å². The van der Waals surface area contributed by atoms with Crippen LogP contribution in [0.4, 0.5) is 5.82 Å². The van der Waals surface area contributed by atoms with E-state index in [2.05, 4.69) is 15.6 Å². The lowest BCUT2D eigenvalue weighted by Crippen LogP contribution is -2.24. The molecule has 0 bridgehead atoms. The first-order valence-electron chi connectivity index (χ1n) is 11.7. The van der Waals surface area contributed by atoms with Crippen LogP contribution < -0.4 is 5.32 Å². The van der Waals surface area contributed by atoms with E-state index < -0.39 is 6.29 Å². The normalized spacial score (nSPS) is 11.2. The fourth-order valence-electron chi connectivity index (χ4n) is 3.74. The zero-order chi connectivity index (χ0) is 24.6. The molecule has 2 heterocycles. The van der Waals surface area contributed by atoms with Crippen LogP contribution in [0.25, 0.3) is 11.3 Å². The molecule has 0 aliphatic rings. The lowest BCUT2D eigenvalue weighted by Gasteiger charge is -2.16. The van der Waals surface area contributed by atoms with E-state index in [1.807, 2.05) is 81.4 Å². The summed E-state index contributed by atoms with van der Waals surface area (Å²) in [5.41, 5.74) is 4.18. The van der Waals surface area contributed by atoms with Gasteiger partial charge in [0, 0.05) is 24.8 Å². The molecule has 35 heavy (non-hydrogen) atoms. The molecule has 0 fully saturated rings. The molecule has 0 atom stereocenters. The molecule has 0 radical (unpaired) electrons. The molecule has 1 N–H and O–H groups in total. The van der Waals surface area contributed by atoms with Crippen LogP contribution in [0, 0.1) is 6.92 Å². The second kappa shape index (κ2) is 11.5. The number of carbonyl (C=O) groups is 1. The Balaban J connectivity index is 1.56. The van der Waals surface area contributed by atoms with Crippen LogP contribution in [0.1, 0.15) is 35.5 Å². The summed E-state index contributed by atoms with van der Waals surface area (Å²) in [4.78, 5) is 13.1. The fraction of sp³-hybridized carbons (Fsp3) is 0.308. The van der Waals surface area contributed by atoms with Crippen molar-refractivity contribution in [3.63, 3.8) is 0 Å². The maximum atomic E-state index is 13.1. The van der Waals surface area contributed by atoms with E-state index in [1.54, 1.807) is 15.6 Å². The number of nitrogens with zero attached hydrogens (tertiary/aromatic N) is 5. The van der Waals surface area contributed by atoms with Gasteiger partial charge in [0.15, 0.2) is 12.0 Å². The van der Waals surface area contributed by atoms with Gasteiger partial charge < -0.3 is 14.8 Å². The zero-order valence-electron chi connectivity index (χ0n) is 20.2. The van der Waals surface area contributed by atoms with Gasteiger partial charge >= 0.3 is 0 Å². The summed E-state index contributed by atoms with van der Waals surface area (Å²) in [6.07, 6.45) is 1.13. The molecule has 0 spiro atoms. The first kappa shape index (κ1) is 24.3. The van der Waals surface area contributed by atoms with Gasteiger partial charge in [0.25, 0.3) is 5.91 Å². The molecule has 4 rings (SSSR count). The number of aryl methyl sites for hydroxylation is 1. The van der Waals surface area contributed by atoms with Gasteiger partial charge in [-0.3, -0.25) is 4.79 Å². The number of carbonyl (C=O) groups excluding carboxylic acids is 1. The van der Waals surface area contributed by atoms with Crippen molar-refractivity contribution in [2.45, 2.75) is 40.2 Å². The van der Waals surface area contributed by atoms with Crippen molar-refractivity contribution in [1.82, 2.24) is 24.8 Å². The van der Waals surface area contributed by atoms with Crippen LogP contribution in [0.5, 0.6) is 0 Å². The highest BCUT2D eigenvalue weighted by Gasteiger charge is 2.18. The Morgan fingerprint density at radius 3 is 2.46 bits per heavy atom. The molecule has 9 nitrogen and oxygen atoms in total. The average molecular weight is 475 g/mol. The topological polar surface area (TPSA) is 96.1 Å². The molecule has 9 heteroatoms. The van der Waals surface area contributed by atoms with Crippen LogP contribution >= 0.6 is 0 Å². The number of benzene rings is 2. The molecule has 2 aromatic heterocycles. The standard InChI is InChI=1S/C26H30N6O3/c1-4-34-25(35-5-2)18-31-17-23(28-30-31)26(33)27-24-15-22(21-14-10-9-11-19(21)3)29-32(24)16-20-12-7-6-8-13-20/h6-15,17,25H,4-5,16,18H2,1-3H3,(H,27,33). The molecule has 182 valence electrons. The second-order valence-corrected chi connectivity index (χ2v) is 7.99. The lowest BCUT2D eigenvalue weighted by atomic mass is 10.1. The van der Waals surface area contributed by atoms with Crippen molar-refractivity contribution < 1.29 is 14.3 Å². The smallest absolute Gasteiger partial charge is 0.278 e. The number of anilines is 1. The third kappa shape index (κ3) is 6.20. The zero-order valence-corrected chi connectivity index (χ0v) is 20.2. The van der Waals surface area contributed by atoms with E-state index in [1.165, 1.54) is 0 Å². The number of hydrogen-bond donors (Lipinski definition) is 1. The van der Waals surface area contributed by atoms with Gasteiger partial charge in [-0.1, -0.05) is 59.8 Å². The van der Waals surface area contributed by atoms with Crippen molar-refractivity contribution in [3.05, 3.63) is 83.7 Å². The molecule has 0 aliphatic carbocycles. The minimum absolute atomic E-state index is 0.196. The van der Waals surface area contributed by atoms with Gasteiger partial charge in [-0.2, -0.15) is 5.10 Å². The van der Waals surface area contributed by atoms with Gasteiger partial charge in [0.1, 0.15) is 5.82 Å². The van der Waals surface area contributed by atoms with Crippen molar-refractivity contribution in [2.75, 3.05) is 18.5 Å². The van der Waals surface area contributed by atoms with E-state index in [4.69, 9.17) is 14.6 Å². The molecule has 0 saturated carbocycles. The van der Waals surface area contributed by atoms with Crippen LogP contribution in [0.3, 0.4) is 0 Å². The molecule has 2 aromatic carbocycles. The van der Waals surface area contributed by atoms with Crippen LogP contribution in [-0.4, -0.2) is 50.2 Å². The summed E-state index contributed by atoms with van der Waals surface area (Å²) >= 11 is 0. The Labute approximate surface area is 204 Å². The van der Waals surface area contributed by atoms with Gasteiger partial charge in [-0.25, -0.2) is 9.36 Å². The average Bonchev–Trinajstić information content (AvgIpc) is 3.48. The van der Waals surface area contributed by atoms with Gasteiger partial charge in [0.05, 0.1) is 25.0 Å². The molecule has 0 unspecified atom stereocenters. The molecule has 4 aromatic rings. The lowest BCUT2D eigenvalue weighted by molar-refractivity contribution is -0.145. The third-order valence-corrected chi connectivity index (χ3v) is 5.43. The Morgan fingerprint density at radius 1 is 1.03 bits per heavy atom. The largest absolute Gasteiger partial charge is 0.351 e. The predicted molar refractivity (Wildman–Crippen MR) is 133 cm³/mol. The van der Waals surface area contributed by atoms with E-state index in [0.29, 0.717) is 32.1 Å². The number of amides is 1. The summed E-state index contributed by atoms with van der Waals surface area (Å²) in [7, 11) is 0. The van der Waals surface area contributed by atoms with E-state index >= 15 is 0 Å². The molecular formula is C26H30N6O3. The van der Waals surface area contributed by atoms with Crippen LogP contribution in [0.15, 0.2) is 66.9 Å². The fourth-order valence-corrected chi connectivity index (χ4v) is 3.74. The van der Waals surface area contributed by atoms with Gasteiger partial charge in [-0.15, -0.1) is 5.10 Å². The predicted octanol–water partition coefficient (Wildman–Crippen LogP) is 4.15. The maximum Gasteiger partial charge on any atom is 0.278 e. The molecule has 0 aliphatic heterocycles. The molecule has 0 saturated heterocycles. The van der Waals surface area contributed by atoms with Crippen molar-refractivity contribution >= 4 is 11.7 Å². The summed E-state index contributed by atoms with van der Waals surface area (Å²) < 4.78 is 14.4. The monoisotopic (exact) mass is 474 g/mol. The summed E-state index contributed by atoms with van der Waals surface area (Å²) in [6, 6.07) is 19.9. The summed E-state index contributed by atoms with van der Waals surface area (Å²) in [5, 5.41) is 15.9. The SMILES string of the molecule is CCOC(Cn1cc(C(=O)Nc2cc(-c3ccccc3C)nn2Cc2ccccc2)nn1)OCC. The quantitative estimate of drug-likeness (QED) is 0.328. The Morgan fingerprint density at radius 2 is 1.74 bits per heavy atom. The Hall–Kier alpha value is -3.82. The van der Waals surface area contributed by atoms with Crippen LogP contribution in [0.2, 0.25) is 0 Å². The Kier molecular flexibility index (Phi) is 8.02. The Bertz CT molecular complexity index is 1240. The summed E-state index contributed by atoms with van der Waals surface area (Å²) in [5.74, 6) is 0.208. The van der Waals surface area contributed by atoms with E-state index in [9.17, 15) is 4.79 Å². The second-order valence-electron chi connectivity index (χ2n) is 7.99. The highest BCUT2D eigenvalue weighted by atomic mass is 16.7. The van der Waals surface area contributed by atoms with E-state index in [0.717, 1.165) is 22.4 Å². The third-order valence-electron chi connectivity index (χ3n) is 5.43. The van der Waals surface area contributed by atoms with E-state index in [-0.39, 0.29) is 11.6 Å². The minimum Gasteiger partial charge on any atom is -0.351 e. The maximum absolute atomic E-state index is 13.1. The molecular weight excluding hydrogens is 444 g/mol. The highest BCUT2D eigenvalue weighted by molar-refractivity contribution is 6.02. The first-order valence-corrected chi connectivity index (χ1v) is 11.7. The summed E-state index contributed by atoms with van der Waals surface area (Å²) in [6.45, 7) is 7.72.